The van der Waals surface area contributed by atoms with Gasteiger partial charge in [0.05, 0.1) is 0 Å². The van der Waals surface area contributed by atoms with E-state index in [0.717, 1.165) is 21.8 Å². The van der Waals surface area contributed by atoms with Crippen LogP contribution >= 0.6 is 47.8 Å². The van der Waals surface area contributed by atoms with Gasteiger partial charge < -0.3 is 32.0 Å². The molecule has 2 aromatic carbocycles. The molecule has 9 nitrogen and oxygen atoms in total. The summed E-state index contributed by atoms with van der Waals surface area (Å²) < 4.78 is 48.0. The van der Waals surface area contributed by atoms with E-state index in [2.05, 4.69) is 66.0 Å². The van der Waals surface area contributed by atoms with Gasteiger partial charge in [0.25, 0.3) is 0 Å². The molecule has 0 saturated heterocycles. The van der Waals surface area contributed by atoms with Gasteiger partial charge in [0, 0.05) is 30.8 Å². The van der Waals surface area contributed by atoms with Gasteiger partial charge in [-0.15, -0.1) is 0 Å². The summed E-state index contributed by atoms with van der Waals surface area (Å²) >= 11 is 10.2. The van der Waals surface area contributed by atoms with Crippen LogP contribution in [0.1, 0.15) is 18.1 Å². The standard InChI is InChI=1S/C8H8Br2.C8H8BrO2S.C2H6O.3Na.O3S.O2.H2O/c9-6-5-7-3-1-2-4-8(7)10;9-8-4-2-1-3-7(8)5-6-12(10)11;1-2-3;;;;1-4(2)3;1-2;/h1-4H,5-6H2;1-4H,5-6H2;3H,2H2,1H3;;;;;;1H2/q;-1;;3*+1;-2;;. The molecule has 0 heterocycles. The first kappa shape index (κ1) is 53.5. The third kappa shape index (κ3) is 40.9. The number of alkyl halides is 1. The minimum atomic E-state index is -3.11. The molecule has 35 heavy (non-hydrogen) atoms. The Morgan fingerprint density at radius 1 is 0.800 bits per heavy atom. The number of halogens is 3. The summed E-state index contributed by atoms with van der Waals surface area (Å²) in [7, 11) is -5.06. The molecule has 0 unspecified atom stereocenters. The van der Waals surface area contributed by atoms with Crippen molar-refractivity contribution >= 4 is 69.5 Å². The average molecular weight is 757 g/mol. The molecule has 0 saturated carbocycles. The Labute approximate surface area is 301 Å². The Morgan fingerprint density at radius 3 is 1.34 bits per heavy atom. The first-order chi connectivity index (χ1) is 14.7. The maximum Gasteiger partial charge on any atom is 1.00 e. The van der Waals surface area contributed by atoms with Crippen molar-refractivity contribution in [3.8, 4) is 0 Å². The summed E-state index contributed by atoms with van der Waals surface area (Å²) in [6, 6.07) is 15.9. The van der Waals surface area contributed by atoms with E-state index in [9.17, 15) is 8.42 Å². The second-order valence-electron chi connectivity index (χ2n) is 4.90. The molecule has 0 aliphatic rings. The normalized spacial score (nSPS) is 8.00. The van der Waals surface area contributed by atoms with Crippen LogP contribution in [-0.4, -0.2) is 32.8 Å². The molecule has 0 bridgehead atoms. The molecule has 0 fully saturated rings. The molecular formula is C18H24Br3Na3O9S2. The topological polar surface area (TPSA) is 177 Å². The Kier molecular flexibility index (Phi) is 62.3. The van der Waals surface area contributed by atoms with E-state index in [-0.39, 0.29) is 107 Å². The van der Waals surface area contributed by atoms with Crippen LogP contribution in [0.25, 0.3) is 0 Å². The molecule has 0 aliphatic carbocycles. The summed E-state index contributed by atoms with van der Waals surface area (Å²) in [6.07, 6.45) is 1.65. The van der Waals surface area contributed by atoms with Crippen molar-refractivity contribution in [1.82, 2.24) is 0 Å². The zero-order valence-corrected chi connectivity index (χ0v) is 32.3. The fourth-order valence-electron chi connectivity index (χ4n) is 1.70. The summed E-state index contributed by atoms with van der Waals surface area (Å²) in [5.41, 5.74) is 2.39. The predicted molar refractivity (Wildman–Crippen MR) is 136 cm³/mol. The van der Waals surface area contributed by atoms with Gasteiger partial charge in [0.1, 0.15) is 0 Å². The maximum atomic E-state index is 10.3. The number of hydrogen-bond acceptors (Lipinski definition) is 10. The van der Waals surface area contributed by atoms with E-state index in [1.54, 1.807) is 6.92 Å². The molecular weight excluding hydrogens is 733 g/mol. The summed E-state index contributed by atoms with van der Waals surface area (Å²) in [5.74, 6) is 0.183. The molecule has 0 spiro atoms. The number of benzene rings is 2. The molecule has 0 atom stereocenters. The van der Waals surface area contributed by atoms with Gasteiger partial charge in [-0.3, -0.25) is 0 Å². The zero-order chi connectivity index (χ0) is 24.7. The molecule has 0 radical (unpaired) electrons. The summed E-state index contributed by atoms with van der Waals surface area (Å²) in [6.45, 7) is 1.93. The fraction of sp³-hybridized carbons (Fsp3) is 0.333. The van der Waals surface area contributed by atoms with Crippen LogP contribution in [0.2, 0.25) is 0 Å². The Hall–Kier alpha value is 2.26. The van der Waals surface area contributed by atoms with Gasteiger partial charge in [-0.05, 0) is 43.0 Å². The van der Waals surface area contributed by atoms with Crippen LogP contribution in [0.4, 0.5) is 0 Å². The average Bonchev–Trinajstić information content (AvgIpc) is 2.71. The summed E-state index contributed by atoms with van der Waals surface area (Å²) in [4.78, 5) is 14.0. The van der Waals surface area contributed by atoms with E-state index < -0.39 is 21.7 Å². The second-order valence-corrected chi connectivity index (χ2v) is 8.83. The molecule has 2 rings (SSSR count). The minimum absolute atomic E-state index is 0. The van der Waals surface area contributed by atoms with Gasteiger partial charge in [-0.25, -0.2) is 0 Å². The van der Waals surface area contributed by atoms with Crippen molar-refractivity contribution in [2.45, 2.75) is 19.8 Å². The maximum absolute atomic E-state index is 10.3. The van der Waals surface area contributed by atoms with Gasteiger partial charge in [-0.1, -0.05) is 101 Å². The van der Waals surface area contributed by atoms with Crippen molar-refractivity contribution in [3.63, 3.8) is 0 Å². The van der Waals surface area contributed by atoms with Crippen LogP contribution < -0.4 is 88.7 Å². The van der Waals surface area contributed by atoms with E-state index in [0.29, 0.717) is 6.42 Å². The van der Waals surface area contributed by atoms with Gasteiger partial charge in [-0.2, -0.15) is 11.0 Å². The Morgan fingerprint density at radius 2 is 1.09 bits per heavy atom. The van der Waals surface area contributed by atoms with Crippen LogP contribution in [0.5, 0.6) is 0 Å². The summed E-state index contributed by atoms with van der Waals surface area (Å²) in [5, 5.41) is 8.59. The number of aliphatic hydroxyl groups is 1. The van der Waals surface area contributed by atoms with Crippen LogP contribution in [0.15, 0.2) is 57.5 Å². The molecule has 0 aliphatic heterocycles. The van der Waals surface area contributed by atoms with Crippen molar-refractivity contribution < 1.29 is 121 Å². The number of aliphatic hydroxyl groups excluding tert-OH is 1. The van der Waals surface area contributed by atoms with Crippen LogP contribution in [0.3, 0.4) is 0 Å². The van der Waals surface area contributed by atoms with Crippen molar-refractivity contribution in [2.75, 3.05) is 17.7 Å². The predicted octanol–water partition coefficient (Wildman–Crippen LogP) is -4.63. The van der Waals surface area contributed by atoms with Gasteiger partial charge >= 0.3 is 88.7 Å². The molecule has 186 valence electrons. The number of hydrogen-bond donors (Lipinski definition) is 1. The Balaban J connectivity index is -0.0000000622. The molecule has 0 amide bonds. The van der Waals surface area contributed by atoms with Crippen molar-refractivity contribution in [3.05, 3.63) is 78.5 Å². The molecule has 17 heteroatoms. The van der Waals surface area contributed by atoms with E-state index >= 15 is 0 Å². The van der Waals surface area contributed by atoms with Gasteiger partial charge in [0.15, 0.2) is 0 Å². The van der Waals surface area contributed by atoms with Crippen LogP contribution in [0, 0.1) is 9.93 Å². The first-order valence-electron chi connectivity index (χ1n) is 8.32. The number of aryl methyl sites for hydroxylation is 2. The molecule has 0 aromatic heterocycles. The van der Waals surface area contributed by atoms with Crippen molar-refractivity contribution in [1.29, 1.82) is 0 Å². The van der Waals surface area contributed by atoms with E-state index in [1.807, 2.05) is 30.3 Å². The van der Waals surface area contributed by atoms with Crippen molar-refractivity contribution in [2.24, 2.45) is 0 Å². The third-order valence-corrected chi connectivity index (χ3v) is 5.30. The number of rotatable bonds is 5. The van der Waals surface area contributed by atoms with E-state index in [1.165, 1.54) is 10.0 Å². The third-order valence-electron chi connectivity index (χ3n) is 2.82. The fourth-order valence-corrected chi connectivity index (χ4v) is 3.48. The molecule has 3 N–H and O–H groups in total. The van der Waals surface area contributed by atoms with E-state index in [4.69, 9.17) is 28.0 Å². The first-order valence-corrected chi connectivity index (χ1v) is 13.3. The van der Waals surface area contributed by atoms with Gasteiger partial charge in [0.2, 0.25) is 0 Å². The van der Waals surface area contributed by atoms with Crippen LogP contribution in [-0.2, 0) is 51.4 Å². The molecule has 2 aromatic rings. The smallest absolute Gasteiger partial charge is 0.917 e. The quantitative estimate of drug-likeness (QED) is 0.104. The largest absolute Gasteiger partial charge is 1.00 e. The SMILES string of the molecule is BrCCc1ccccc1Br.CCO.O.O=O.O=[S-](=O)CCc1ccccc1Br.O=[S-](=O)[O-].[Na+].[Na+].[Na+]. The minimum Gasteiger partial charge on any atom is -0.917 e. The monoisotopic (exact) mass is 754 g/mol. The zero-order valence-electron chi connectivity index (χ0n) is 19.9. The second kappa shape index (κ2) is 40.8. The Bertz CT molecular complexity index is 847.